The molecule has 0 saturated heterocycles. The second kappa shape index (κ2) is 5.59. The number of hydrogen-bond acceptors (Lipinski definition) is 2. The third-order valence-electron chi connectivity index (χ3n) is 2.85. The van der Waals surface area contributed by atoms with Crippen LogP contribution in [0.1, 0.15) is 11.1 Å². The van der Waals surface area contributed by atoms with E-state index < -0.39 is 0 Å². The van der Waals surface area contributed by atoms with E-state index in [0.717, 1.165) is 11.1 Å². The molecular formula is C12H12Cl2N2O2. The van der Waals surface area contributed by atoms with Crippen LogP contribution in [0.4, 0.5) is 0 Å². The van der Waals surface area contributed by atoms with E-state index in [9.17, 15) is 9.59 Å². The first-order chi connectivity index (χ1) is 8.67. The van der Waals surface area contributed by atoms with Crippen LogP contribution in [0.2, 0.25) is 0 Å². The Kier molecular flexibility index (Phi) is 4.09. The van der Waals surface area contributed by atoms with Gasteiger partial charge in [-0.15, -0.1) is 23.2 Å². The summed E-state index contributed by atoms with van der Waals surface area (Å²) in [4.78, 5) is 23.5. The van der Waals surface area contributed by atoms with Crippen LogP contribution in [0, 0.1) is 0 Å². The fourth-order valence-corrected chi connectivity index (χ4v) is 2.22. The first-order valence-corrected chi connectivity index (χ1v) is 6.53. The highest BCUT2D eigenvalue weighted by Gasteiger charge is 2.30. The Morgan fingerprint density at radius 3 is 1.67 bits per heavy atom. The monoisotopic (exact) mass is 286 g/mol. The van der Waals surface area contributed by atoms with E-state index in [4.69, 9.17) is 23.2 Å². The van der Waals surface area contributed by atoms with Crippen molar-refractivity contribution in [2.45, 2.75) is 13.1 Å². The van der Waals surface area contributed by atoms with E-state index >= 15 is 0 Å². The third kappa shape index (κ3) is 2.44. The quantitative estimate of drug-likeness (QED) is 0.778. The summed E-state index contributed by atoms with van der Waals surface area (Å²) in [5.74, 6) is -0.920. The highest BCUT2D eigenvalue weighted by Crippen LogP contribution is 2.23. The van der Waals surface area contributed by atoms with Crippen molar-refractivity contribution in [2.75, 3.05) is 11.8 Å². The van der Waals surface area contributed by atoms with Crippen LogP contribution in [0.5, 0.6) is 0 Å². The van der Waals surface area contributed by atoms with Gasteiger partial charge >= 0.3 is 0 Å². The summed E-state index contributed by atoms with van der Waals surface area (Å²) in [5.41, 5.74) is 2.05. The van der Waals surface area contributed by atoms with Gasteiger partial charge < -0.3 is 0 Å². The SMILES string of the molecule is O=C(CCl)N1Cc2ccccc2CN1C(=O)CCl. The van der Waals surface area contributed by atoms with Gasteiger partial charge in [-0.1, -0.05) is 24.3 Å². The summed E-state index contributed by atoms with van der Waals surface area (Å²) >= 11 is 11.1. The molecule has 0 spiro atoms. The molecule has 6 heteroatoms. The summed E-state index contributed by atoms with van der Waals surface area (Å²) in [6.07, 6.45) is 0. The second-order valence-electron chi connectivity index (χ2n) is 3.94. The Balaban J connectivity index is 2.33. The van der Waals surface area contributed by atoms with E-state index in [1.807, 2.05) is 24.3 Å². The highest BCUT2D eigenvalue weighted by atomic mass is 35.5. The number of rotatable bonds is 2. The molecule has 0 bridgehead atoms. The first kappa shape index (κ1) is 13.2. The summed E-state index contributed by atoms with van der Waals surface area (Å²) in [6.45, 7) is 0.703. The van der Waals surface area contributed by atoms with Gasteiger partial charge in [0.2, 0.25) is 0 Å². The van der Waals surface area contributed by atoms with Crippen LogP contribution in [0.25, 0.3) is 0 Å². The molecule has 0 aromatic heterocycles. The number of carbonyl (C=O) groups excluding carboxylic acids is 2. The lowest BCUT2D eigenvalue weighted by molar-refractivity contribution is -0.165. The van der Waals surface area contributed by atoms with Crippen LogP contribution in [0.15, 0.2) is 24.3 Å². The molecule has 1 aliphatic heterocycles. The number of amides is 2. The average molecular weight is 287 g/mol. The minimum atomic E-state index is -0.301. The van der Waals surface area contributed by atoms with Crippen LogP contribution in [-0.4, -0.2) is 33.6 Å². The van der Waals surface area contributed by atoms with Gasteiger partial charge in [-0.25, -0.2) is 10.0 Å². The van der Waals surface area contributed by atoms with E-state index in [2.05, 4.69) is 0 Å². The molecule has 0 radical (unpaired) electrons. The molecule has 1 aliphatic rings. The van der Waals surface area contributed by atoms with Gasteiger partial charge in [0, 0.05) is 0 Å². The van der Waals surface area contributed by atoms with Gasteiger partial charge in [0.05, 0.1) is 13.1 Å². The highest BCUT2D eigenvalue weighted by molar-refractivity contribution is 6.28. The Bertz CT molecular complexity index is 436. The molecule has 0 unspecified atom stereocenters. The topological polar surface area (TPSA) is 40.6 Å². The number of alkyl halides is 2. The number of benzene rings is 1. The fraction of sp³-hybridized carbons (Fsp3) is 0.333. The summed E-state index contributed by atoms with van der Waals surface area (Å²) in [7, 11) is 0. The Labute approximate surface area is 115 Å². The molecule has 0 atom stereocenters. The first-order valence-electron chi connectivity index (χ1n) is 5.46. The number of carbonyl (C=O) groups is 2. The normalized spacial score (nSPS) is 14.3. The number of halogens is 2. The zero-order valence-electron chi connectivity index (χ0n) is 9.60. The standard InChI is InChI=1S/C12H12Cl2N2O2/c13-5-11(17)15-7-9-3-1-2-4-10(9)8-16(15)12(18)6-14/h1-4H,5-8H2. The van der Waals surface area contributed by atoms with Crippen molar-refractivity contribution in [2.24, 2.45) is 0 Å². The third-order valence-corrected chi connectivity index (χ3v) is 3.31. The minimum Gasteiger partial charge on any atom is -0.272 e. The summed E-state index contributed by atoms with van der Waals surface area (Å²) < 4.78 is 0. The molecule has 0 fully saturated rings. The smallest absolute Gasteiger partial charge is 0.256 e. The van der Waals surface area contributed by atoms with E-state index in [1.165, 1.54) is 10.0 Å². The van der Waals surface area contributed by atoms with Gasteiger partial charge in [-0.05, 0) is 11.1 Å². The molecule has 96 valence electrons. The molecule has 1 heterocycles. The van der Waals surface area contributed by atoms with E-state index in [-0.39, 0.29) is 23.6 Å². The lowest BCUT2D eigenvalue weighted by Crippen LogP contribution is -2.52. The van der Waals surface area contributed by atoms with Gasteiger partial charge in [0.25, 0.3) is 11.8 Å². The molecule has 18 heavy (non-hydrogen) atoms. The maximum absolute atomic E-state index is 11.8. The maximum atomic E-state index is 11.8. The molecule has 2 rings (SSSR count). The van der Waals surface area contributed by atoms with Gasteiger partial charge in [-0.3, -0.25) is 9.59 Å². The number of fused-ring (bicyclic) bond motifs is 1. The van der Waals surface area contributed by atoms with Crippen molar-refractivity contribution in [1.82, 2.24) is 10.0 Å². The molecule has 2 amide bonds. The minimum absolute atomic E-state index is 0.158. The lowest BCUT2D eigenvalue weighted by Gasteiger charge is -2.38. The Morgan fingerprint density at radius 2 is 1.33 bits per heavy atom. The van der Waals surface area contributed by atoms with Crippen molar-refractivity contribution in [1.29, 1.82) is 0 Å². The largest absolute Gasteiger partial charge is 0.272 e. The Hall–Kier alpha value is -1.26. The molecule has 1 aromatic carbocycles. The van der Waals surface area contributed by atoms with Crippen molar-refractivity contribution < 1.29 is 9.59 Å². The van der Waals surface area contributed by atoms with Gasteiger partial charge in [-0.2, -0.15) is 0 Å². The predicted octanol–water partition coefficient (Wildman–Crippen LogP) is 1.75. The van der Waals surface area contributed by atoms with Crippen LogP contribution < -0.4 is 0 Å². The number of hydrogen-bond donors (Lipinski definition) is 0. The van der Waals surface area contributed by atoms with Crippen molar-refractivity contribution in [3.8, 4) is 0 Å². The van der Waals surface area contributed by atoms with Crippen LogP contribution >= 0.6 is 23.2 Å². The number of hydrazine groups is 1. The zero-order chi connectivity index (χ0) is 13.1. The van der Waals surface area contributed by atoms with E-state index in [1.54, 1.807) is 0 Å². The van der Waals surface area contributed by atoms with Crippen LogP contribution in [0.3, 0.4) is 0 Å². The van der Waals surface area contributed by atoms with E-state index in [0.29, 0.717) is 13.1 Å². The van der Waals surface area contributed by atoms with Crippen molar-refractivity contribution in [3.63, 3.8) is 0 Å². The molecule has 0 aliphatic carbocycles. The molecule has 0 saturated carbocycles. The zero-order valence-corrected chi connectivity index (χ0v) is 11.1. The predicted molar refractivity (Wildman–Crippen MR) is 69.0 cm³/mol. The second-order valence-corrected chi connectivity index (χ2v) is 4.47. The molecule has 0 N–H and O–H groups in total. The van der Waals surface area contributed by atoms with Gasteiger partial charge in [0.15, 0.2) is 0 Å². The molecular weight excluding hydrogens is 275 g/mol. The average Bonchev–Trinajstić information content (AvgIpc) is 2.44. The van der Waals surface area contributed by atoms with Crippen molar-refractivity contribution in [3.05, 3.63) is 35.4 Å². The lowest BCUT2D eigenvalue weighted by atomic mass is 10.1. The van der Waals surface area contributed by atoms with Gasteiger partial charge in [0.1, 0.15) is 11.8 Å². The summed E-state index contributed by atoms with van der Waals surface area (Å²) in [6, 6.07) is 7.68. The van der Waals surface area contributed by atoms with Crippen LogP contribution in [-0.2, 0) is 22.7 Å². The molecule has 4 nitrogen and oxygen atoms in total. The molecule has 1 aromatic rings. The number of nitrogens with zero attached hydrogens (tertiary/aromatic N) is 2. The summed E-state index contributed by atoms with van der Waals surface area (Å²) in [5, 5.41) is 2.72. The Morgan fingerprint density at radius 1 is 0.944 bits per heavy atom. The van der Waals surface area contributed by atoms with Crippen molar-refractivity contribution >= 4 is 35.0 Å². The maximum Gasteiger partial charge on any atom is 0.256 e. The fourth-order valence-electron chi connectivity index (χ4n) is 1.94.